The highest BCUT2D eigenvalue weighted by Crippen LogP contribution is 2.19. The van der Waals surface area contributed by atoms with Gasteiger partial charge in [0.05, 0.1) is 0 Å². The van der Waals surface area contributed by atoms with Gasteiger partial charge in [0, 0.05) is 16.7 Å². The Morgan fingerprint density at radius 1 is 1.42 bits per heavy atom. The molecular weight excluding hydrogens is 170 g/mol. The van der Waals surface area contributed by atoms with Gasteiger partial charge in [0.1, 0.15) is 5.76 Å². The number of hydrogen-bond donors (Lipinski definition) is 2. The van der Waals surface area contributed by atoms with E-state index in [1.54, 1.807) is 0 Å². The lowest BCUT2D eigenvalue weighted by molar-refractivity contribution is 0.291. The minimum Gasteiger partial charge on any atom is -0.471 e. The van der Waals surface area contributed by atoms with Gasteiger partial charge in [-0.05, 0) is 12.1 Å². The zero-order chi connectivity index (χ0) is 8.39. The lowest BCUT2D eigenvalue weighted by Gasteiger charge is -2.02. The van der Waals surface area contributed by atoms with Crippen LogP contribution < -0.4 is 5.32 Å². The van der Waals surface area contributed by atoms with Gasteiger partial charge in [-0.3, -0.25) is 0 Å². The molecule has 2 nitrogen and oxygen atoms in total. The molecule has 1 aromatic carbocycles. The Balaban J connectivity index is 2.33. The minimum absolute atomic E-state index is 0.562. The predicted octanol–water partition coefficient (Wildman–Crippen LogP) is 1.85. The average molecular weight is 179 g/mol. The largest absolute Gasteiger partial charge is 0.471 e. The fraction of sp³-hybridized carbons (Fsp3) is 0.111. The number of hydrogen-bond acceptors (Lipinski definition) is 3. The van der Waals surface area contributed by atoms with Gasteiger partial charge in [0.25, 0.3) is 0 Å². The monoisotopic (exact) mass is 179 g/mol. The first-order chi connectivity index (χ1) is 5.86. The Hall–Kier alpha value is -1.09. The number of nitrogens with one attached hydrogen (secondary N) is 1. The molecule has 0 amide bonds. The zero-order valence-corrected chi connectivity index (χ0v) is 7.34. The van der Waals surface area contributed by atoms with Crippen LogP contribution in [0.15, 0.2) is 35.4 Å². The quantitative estimate of drug-likeness (QED) is 0.642. The van der Waals surface area contributed by atoms with Crippen LogP contribution in [0.1, 0.15) is 5.56 Å². The van der Waals surface area contributed by atoms with Gasteiger partial charge >= 0.3 is 0 Å². The maximum atomic E-state index is 5.31. The zero-order valence-electron chi connectivity index (χ0n) is 6.45. The Morgan fingerprint density at radius 3 is 3.00 bits per heavy atom. The van der Waals surface area contributed by atoms with Crippen LogP contribution in [0.3, 0.4) is 0 Å². The lowest BCUT2D eigenvalue weighted by atomic mass is 10.2. The standard InChI is InChI=1S/C9H9NOS/c12-8-3-1-2-7(4-8)9-5-10-6-11-9/h1-5,10,12H,6H2. The first-order valence-electron chi connectivity index (χ1n) is 3.72. The fourth-order valence-corrected chi connectivity index (χ4v) is 1.35. The van der Waals surface area contributed by atoms with Crippen molar-refractivity contribution in [1.82, 2.24) is 5.32 Å². The molecule has 0 bridgehead atoms. The van der Waals surface area contributed by atoms with Crippen molar-refractivity contribution in [2.45, 2.75) is 4.90 Å². The van der Waals surface area contributed by atoms with Crippen LogP contribution >= 0.6 is 12.6 Å². The van der Waals surface area contributed by atoms with Crippen molar-refractivity contribution in [3.8, 4) is 0 Å². The van der Waals surface area contributed by atoms with Crippen LogP contribution in [-0.4, -0.2) is 6.73 Å². The van der Waals surface area contributed by atoms with Crippen molar-refractivity contribution in [2.75, 3.05) is 6.73 Å². The summed E-state index contributed by atoms with van der Waals surface area (Å²) >= 11 is 4.24. The summed E-state index contributed by atoms with van der Waals surface area (Å²) < 4.78 is 5.31. The number of thiol groups is 1. The van der Waals surface area contributed by atoms with Gasteiger partial charge in [-0.2, -0.15) is 0 Å². The normalized spacial score (nSPS) is 14.9. The summed E-state index contributed by atoms with van der Waals surface area (Å²) in [5, 5.41) is 2.98. The maximum absolute atomic E-state index is 5.31. The highest BCUT2D eigenvalue weighted by molar-refractivity contribution is 7.80. The van der Waals surface area contributed by atoms with Crippen molar-refractivity contribution in [2.24, 2.45) is 0 Å². The Labute approximate surface area is 76.6 Å². The molecule has 2 rings (SSSR count). The van der Waals surface area contributed by atoms with E-state index in [0.717, 1.165) is 16.2 Å². The van der Waals surface area contributed by atoms with Crippen LogP contribution in [0, 0.1) is 0 Å². The van der Waals surface area contributed by atoms with Crippen LogP contribution in [0.4, 0.5) is 0 Å². The summed E-state index contributed by atoms with van der Waals surface area (Å²) in [7, 11) is 0. The summed E-state index contributed by atoms with van der Waals surface area (Å²) in [4.78, 5) is 0.948. The topological polar surface area (TPSA) is 21.3 Å². The first-order valence-corrected chi connectivity index (χ1v) is 4.17. The fourth-order valence-electron chi connectivity index (χ4n) is 1.12. The summed E-state index contributed by atoms with van der Waals surface area (Å²) in [6, 6.07) is 7.87. The number of ether oxygens (including phenoxy) is 1. The van der Waals surface area contributed by atoms with Crippen LogP contribution in [0.5, 0.6) is 0 Å². The van der Waals surface area contributed by atoms with E-state index in [9.17, 15) is 0 Å². The molecule has 0 saturated carbocycles. The van der Waals surface area contributed by atoms with Crippen molar-refractivity contribution < 1.29 is 4.74 Å². The Morgan fingerprint density at radius 2 is 2.33 bits per heavy atom. The molecular formula is C9H9NOS. The molecule has 0 spiro atoms. The van der Waals surface area contributed by atoms with E-state index in [1.807, 2.05) is 30.5 Å². The van der Waals surface area contributed by atoms with E-state index in [1.165, 1.54) is 0 Å². The summed E-state index contributed by atoms with van der Waals surface area (Å²) in [6.45, 7) is 0.562. The van der Waals surface area contributed by atoms with Gasteiger partial charge in [-0.15, -0.1) is 12.6 Å². The SMILES string of the molecule is Sc1cccc(C2=CNCO2)c1. The third kappa shape index (κ3) is 1.41. The lowest BCUT2D eigenvalue weighted by Crippen LogP contribution is -1.98. The van der Waals surface area contributed by atoms with E-state index in [4.69, 9.17) is 4.74 Å². The van der Waals surface area contributed by atoms with Crippen molar-refractivity contribution in [3.05, 3.63) is 36.0 Å². The van der Waals surface area contributed by atoms with Crippen molar-refractivity contribution in [3.63, 3.8) is 0 Å². The highest BCUT2D eigenvalue weighted by atomic mass is 32.1. The molecule has 0 saturated heterocycles. The maximum Gasteiger partial charge on any atom is 0.158 e. The molecule has 0 atom stereocenters. The molecule has 0 fully saturated rings. The van der Waals surface area contributed by atoms with Gasteiger partial charge in [0.2, 0.25) is 0 Å². The van der Waals surface area contributed by atoms with E-state index in [2.05, 4.69) is 17.9 Å². The van der Waals surface area contributed by atoms with E-state index >= 15 is 0 Å². The second-order valence-electron chi connectivity index (χ2n) is 2.55. The minimum atomic E-state index is 0.562. The van der Waals surface area contributed by atoms with Gasteiger partial charge in [-0.1, -0.05) is 12.1 Å². The molecule has 1 N–H and O–H groups in total. The molecule has 0 aromatic heterocycles. The second-order valence-corrected chi connectivity index (χ2v) is 3.07. The van der Waals surface area contributed by atoms with E-state index < -0.39 is 0 Å². The molecule has 12 heavy (non-hydrogen) atoms. The first kappa shape index (κ1) is 7.55. The molecule has 0 unspecified atom stereocenters. The summed E-state index contributed by atoms with van der Waals surface area (Å²) in [5.41, 5.74) is 1.06. The van der Waals surface area contributed by atoms with Crippen LogP contribution in [0.2, 0.25) is 0 Å². The van der Waals surface area contributed by atoms with Gasteiger partial charge in [-0.25, -0.2) is 0 Å². The van der Waals surface area contributed by atoms with Gasteiger partial charge < -0.3 is 10.1 Å². The number of benzene rings is 1. The third-order valence-corrected chi connectivity index (χ3v) is 1.95. The molecule has 3 heteroatoms. The molecule has 0 radical (unpaired) electrons. The smallest absolute Gasteiger partial charge is 0.158 e. The van der Waals surface area contributed by atoms with Crippen molar-refractivity contribution in [1.29, 1.82) is 0 Å². The second kappa shape index (κ2) is 3.11. The number of rotatable bonds is 1. The molecule has 1 aliphatic rings. The average Bonchev–Trinajstić information content (AvgIpc) is 2.56. The Bertz CT molecular complexity index is 322. The molecule has 1 aliphatic heterocycles. The van der Waals surface area contributed by atoms with Crippen LogP contribution in [0.25, 0.3) is 5.76 Å². The van der Waals surface area contributed by atoms with E-state index in [0.29, 0.717) is 6.73 Å². The highest BCUT2D eigenvalue weighted by Gasteiger charge is 2.06. The van der Waals surface area contributed by atoms with E-state index in [-0.39, 0.29) is 0 Å². The predicted molar refractivity (Wildman–Crippen MR) is 50.8 cm³/mol. The Kier molecular flexibility index (Phi) is 1.96. The third-order valence-electron chi connectivity index (χ3n) is 1.67. The molecule has 1 heterocycles. The van der Waals surface area contributed by atoms with Crippen molar-refractivity contribution >= 4 is 18.4 Å². The van der Waals surface area contributed by atoms with Gasteiger partial charge in [0.15, 0.2) is 6.73 Å². The summed E-state index contributed by atoms with van der Waals surface area (Å²) in [5.74, 6) is 0.880. The molecule has 62 valence electrons. The van der Waals surface area contributed by atoms with Crippen LogP contribution in [-0.2, 0) is 4.74 Å². The molecule has 0 aliphatic carbocycles. The molecule has 1 aromatic rings. The summed E-state index contributed by atoms with van der Waals surface area (Å²) in [6.07, 6.45) is 1.86.